The van der Waals surface area contributed by atoms with Gasteiger partial charge in [-0.3, -0.25) is 0 Å². The van der Waals surface area contributed by atoms with Gasteiger partial charge in [0.2, 0.25) is 0 Å². The number of thioether (sulfide) groups is 1. The minimum atomic E-state index is 0.784. The Labute approximate surface area is 121 Å². The fraction of sp³-hybridized carbons (Fsp3) is 0.647. The van der Waals surface area contributed by atoms with E-state index >= 15 is 0 Å². The summed E-state index contributed by atoms with van der Waals surface area (Å²) in [7, 11) is 0. The third-order valence-corrected chi connectivity index (χ3v) is 6.24. The first-order chi connectivity index (χ1) is 9.36. The SMILES string of the molecule is NCC1CCCCCC1CC1Cc2ccccc2S1. The molecule has 1 aromatic carbocycles. The maximum absolute atomic E-state index is 6.01. The topological polar surface area (TPSA) is 26.0 Å². The Hall–Kier alpha value is -0.470. The Kier molecular flexibility index (Phi) is 4.49. The Balaban J connectivity index is 1.62. The van der Waals surface area contributed by atoms with Crippen molar-refractivity contribution < 1.29 is 0 Å². The van der Waals surface area contributed by atoms with Gasteiger partial charge in [-0.2, -0.15) is 0 Å². The average molecular weight is 275 g/mol. The van der Waals surface area contributed by atoms with Crippen LogP contribution in [0.15, 0.2) is 29.2 Å². The van der Waals surface area contributed by atoms with E-state index in [1.807, 2.05) is 0 Å². The molecule has 0 saturated heterocycles. The van der Waals surface area contributed by atoms with Crippen LogP contribution in [0.5, 0.6) is 0 Å². The number of rotatable bonds is 3. The van der Waals surface area contributed by atoms with Crippen molar-refractivity contribution in [3.8, 4) is 0 Å². The summed E-state index contributed by atoms with van der Waals surface area (Å²) in [5, 5.41) is 0.801. The smallest absolute Gasteiger partial charge is 0.0138 e. The lowest BCUT2D eigenvalue weighted by Gasteiger charge is -2.26. The van der Waals surface area contributed by atoms with Crippen molar-refractivity contribution in [2.24, 2.45) is 17.6 Å². The Morgan fingerprint density at radius 3 is 2.63 bits per heavy atom. The molecule has 1 saturated carbocycles. The lowest BCUT2D eigenvalue weighted by atomic mass is 9.83. The van der Waals surface area contributed by atoms with E-state index < -0.39 is 0 Å². The third kappa shape index (κ3) is 3.17. The summed E-state index contributed by atoms with van der Waals surface area (Å²) in [6, 6.07) is 8.93. The zero-order valence-corrected chi connectivity index (χ0v) is 12.5. The first-order valence-electron chi connectivity index (χ1n) is 7.81. The first kappa shape index (κ1) is 13.5. The van der Waals surface area contributed by atoms with Crippen molar-refractivity contribution in [1.29, 1.82) is 0 Å². The summed E-state index contributed by atoms with van der Waals surface area (Å²) in [6.45, 7) is 0.898. The van der Waals surface area contributed by atoms with Gasteiger partial charge < -0.3 is 5.73 Å². The minimum absolute atomic E-state index is 0.784. The highest BCUT2D eigenvalue weighted by molar-refractivity contribution is 8.00. The van der Waals surface area contributed by atoms with Crippen LogP contribution in [0, 0.1) is 11.8 Å². The van der Waals surface area contributed by atoms with Gasteiger partial charge in [0.25, 0.3) is 0 Å². The van der Waals surface area contributed by atoms with Gasteiger partial charge in [0.15, 0.2) is 0 Å². The molecule has 3 atom stereocenters. The van der Waals surface area contributed by atoms with Gasteiger partial charge in [-0.1, -0.05) is 43.9 Å². The van der Waals surface area contributed by atoms with Crippen LogP contribution in [0.4, 0.5) is 0 Å². The lowest BCUT2D eigenvalue weighted by Crippen LogP contribution is -2.25. The van der Waals surface area contributed by atoms with Gasteiger partial charge in [-0.25, -0.2) is 0 Å². The number of fused-ring (bicyclic) bond motifs is 1. The minimum Gasteiger partial charge on any atom is -0.330 e. The van der Waals surface area contributed by atoms with E-state index in [4.69, 9.17) is 5.73 Å². The van der Waals surface area contributed by atoms with E-state index in [-0.39, 0.29) is 0 Å². The maximum Gasteiger partial charge on any atom is 0.0138 e. The van der Waals surface area contributed by atoms with Crippen molar-refractivity contribution >= 4 is 11.8 Å². The first-order valence-corrected chi connectivity index (χ1v) is 8.69. The second-order valence-electron chi connectivity index (χ2n) is 6.18. The summed E-state index contributed by atoms with van der Waals surface area (Å²) >= 11 is 2.11. The molecule has 2 N–H and O–H groups in total. The molecule has 1 nitrogen and oxygen atoms in total. The average Bonchev–Trinajstić information content (AvgIpc) is 2.70. The van der Waals surface area contributed by atoms with Gasteiger partial charge in [0, 0.05) is 10.1 Å². The number of hydrogen-bond donors (Lipinski definition) is 1. The highest BCUT2D eigenvalue weighted by Gasteiger charge is 2.29. The summed E-state index contributed by atoms with van der Waals surface area (Å²) in [4.78, 5) is 1.52. The van der Waals surface area contributed by atoms with Crippen LogP contribution < -0.4 is 5.73 Å². The summed E-state index contributed by atoms with van der Waals surface area (Å²) in [5.74, 6) is 1.66. The van der Waals surface area contributed by atoms with E-state index in [9.17, 15) is 0 Å². The van der Waals surface area contributed by atoms with Crippen LogP contribution >= 0.6 is 11.8 Å². The monoisotopic (exact) mass is 275 g/mol. The summed E-state index contributed by atoms with van der Waals surface area (Å²) < 4.78 is 0. The van der Waals surface area contributed by atoms with E-state index in [0.717, 1.165) is 23.6 Å². The second-order valence-corrected chi connectivity index (χ2v) is 7.52. The number of hydrogen-bond acceptors (Lipinski definition) is 2. The third-order valence-electron chi connectivity index (χ3n) is 4.90. The number of benzene rings is 1. The van der Waals surface area contributed by atoms with Gasteiger partial charge in [-0.05, 0) is 49.3 Å². The second kappa shape index (κ2) is 6.32. The largest absolute Gasteiger partial charge is 0.330 e. The van der Waals surface area contributed by atoms with Crippen molar-refractivity contribution in [3.05, 3.63) is 29.8 Å². The van der Waals surface area contributed by atoms with Crippen molar-refractivity contribution in [2.75, 3.05) is 6.54 Å². The normalized spacial score (nSPS) is 30.9. The molecule has 1 aliphatic carbocycles. The molecule has 3 rings (SSSR count). The summed E-state index contributed by atoms with van der Waals surface area (Å²) in [5.41, 5.74) is 7.58. The molecular weight excluding hydrogens is 250 g/mol. The van der Waals surface area contributed by atoms with E-state index in [1.54, 1.807) is 5.56 Å². The van der Waals surface area contributed by atoms with Crippen LogP contribution in [-0.4, -0.2) is 11.8 Å². The molecule has 1 fully saturated rings. The van der Waals surface area contributed by atoms with E-state index in [2.05, 4.69) is 36.0 Å². The van der Waals surface area contributed by atoms with Gasteiger partial charge in [0.1, 0.15) is 0 Å². The lowest BCUT2D eigenvalue weighted by molar-refractivity contribution is 0.299. The molecule has 0 amide bonds. The number of nitrogens with two attached hydrogens (primary N) is 1. The van der Waals surface area contributed by atoms with Crippen LogP contribution in [0.25, 0.3) is 0 Å². The van der Waals surface area contributed by atoms with E-state index in [1.165, 1.54) is 49.8 Å². The zero-order valence-electron chi connectivity index (χ0n) is 11.7. The molecule has 3 unspecified atom stereocenters. The van der Waals surface area contributed by atoms with Gasteiger partial charge >= 0.3 is 0 Å². The van der Waals surface area contributed by atoms with Crippen molar-refractivity contribution in [3.63, 3.8) is 0 Å². The molecular formula is C17H25NS. The van der Waals surface area contributed by atoms with Crippen molar-refractivity contribution in [2.45, 2.75) is 55.1 Å². The molecule has 104 valence electrons. The molecule has 0 spiro atoms. The molecule has 0 aromatic heterocycles. The Bertz CT molecular complexity index is 392. The Morgan fingerprint density at radius 2 is 1.84 bits per heavy atom. The summed E-state index contributed by atoms with van der Waals surface area (Å²) in [6.07, 6.45) is 9.67. The fourth-order valence-electron chi connectivity index (χ4n) is 3.80. The van der Waals surface area contributed by atoms with Crippen LogP contribution in [0.3, 0.4) is 0 Å². The standard InChI is InChI=1S/C17H25NS/c18-12-15-8-3-1-2-6-13(15)10-16-11-14-7-4-5-9-17(14)19-16/h4-5,7,9,13,15-16H,1-3,6,8,10-12,18H2. The molecule has 1 aromatic rings. The predicted molar refractivity (Wildman–Crippen MR) is 83.5 cm³/mol. The quantitative estimate of drug-likeness (QED) is 0.835. The molecule has 2 heteroatoms. The molecule has 0 radical (unpaired) electrons. The highest BCUT2D eigenvalue weighted by atomic mass is 32.2. The molecule has 2 aliphatic rings. The fourth-order valence-corrected chi connectivity index (χ4v) is 5.23. The molecule has 1 heterocycles. The molecule has 19 heavy (non-hydrogen) atoms. The molecule has 1 aliphatic heterocycles. The van der Waals surface area contributed by atoms with Crippen LogP contribution in [-0.2, 0) is 6.42 Å². The van der Waals surface area contributed by atoms with Crippen LogP contribution in [0.2, 0.25) is 0 Å². The van der Waals surface area contributed by atoms with Gasteiger partial charge in [-0.15, -0.1) is 11.8 Å². The van der Waals surface area contributed by atoms with Crippen molar-refractivity contribution in [1.82, 2.24) is 0 Å². The zero-order chi connectivity index (χ0) is 13.1. The Morgan fingerprint density at radius 1 is 1.05 bits per heavy atom. The van der Waals surface area contributed by atoms with E-state index in [0.29, 0.717) is 0 Å². The van der Waals surface area contributed by atoms with Crippen LogP contribution in [0.1, 0.15) is 44.1 Å². The van der Waals surface area contributed by atoms with Gasteiger partial charge in [0.05, 0.1) is 0 Å². The molecule has 0 bridgehead atoms. The maximum atomic E-state index is 6.01. The highest BCUT2D eigenvalue weighted by Crippen LogP contribution is 2.42. The predicted octanol–water partition coefficient (Wildman–Crippen LogP) is 4.25.